The highest BCUT2D eigenvalue weighted by Crippen LogP contribution is 2.39. The summed E-state index contributed by atoms with van der Waals surface area (Å²) in [6.07, 6.45) is 33.8. The van der Waals surface area contributed by atoms with Gasteiger partial charge in [-0.05, 0) is 117 Å². The van der Waals surface area contributed by atoms with E-state index in [2.05, 4.69) is 278 Å². The molecule has 0 bridgehead atoms. The van der Waals surface area contributed by atoms with E-state index in [-0.39, 0.29) is 0 Å². The molecule has 0 aliphatic heterocycles. The molecule has 0 aliphatic rings. The zero-order valence-electron chi connectivity index (χ0n) is 39.1. The van der Waals surface area contributed by atoms with Gasteiger partial charge in [0.25, 0.3) is 0 Å². The lowest BCUT2D eigenvalue weighted by atomic mass is 10.1. The van der Waals surface area contributed by atoms with Crippen LogP contribution in [0.25, 0.3) is 48.6 Å². The van der Waals surface area contributed by atoms with Gasteiger partial charge in [0.15, 0.2) is 49.6 Å². The lowest BCUT2D eigenvalue weighted by Crippen LogP contribution is -2.25. The van der Waals surface area contributed by atoms with Crippen LogP contribution in [-0.2, 0) is 28.2 Å². The molecule has 4 heterocycles. The van der Waals surface area contributed by atoms with Crippen LogP contribution in [0.1, 0.15) is 44.5 Å². The minimum Gasteiger partial charge on any atom is -0.311 e. The van der Waals surface area contributed by atoms with Crippen LogP contribution in [0.2, 0.25) is 0 Å². The van der Waals surface area contributed by atoms with Gasteiger partial charge >= 0.3 is 0 Å². The second-order valence-corrected chi connectivity index (χ2v) is 17.1. The fraction of sp³-hybridized carbons (Fsp3) is 0.0645. The number of aryl methyl sites for hydroxylation is 4. The van der Waals surface area contributed by atoms with E-state index in [0.717, 1.165) is 78.6 Å². The number of anilines is 6. The van der Waals surface area contributed by atoms with Crippen LogP contribution < -0.4 is 28.1 Å². The zero-order valence-corrected chi connectivity index (χ0v) is 39.1. The molecule has 6 nitrogen and oxygen atoms in total. The molecule has 0 aliphatic carbocycles. The summed E-state index contributed by atoms with van der Waals surface area (Å²) >= 11 is 0. The summed E-state index contributed by atoms with van der Waals surface area (Å²) in [7, 11) is 8.13. The van der Waals surface area contributed by atoms with Gasteiger partial charge in [-0.15, -0.1) is 0 Å². The largest absolute Gasteiger partial charge is 0.311 e. The lowest BCUT2D eigenvalue weighted by Gasteiger charge is -2.28. The maximum absolute atomic E-state index is 2.32. The fourth-order valence-corrected chi connectivity index (χ4v) is 7.85. The molecule has 68 heavy (non-hydrogen) atoms. The molecule has 0 saturated carbocycles. The Morgan fingerprint density at radius 1 is 0.206 bits per heavy atom. The highest BCUT2D eigenvalue weighted by Gasteiger charge is 2.16. The van der Waals surface area contributed by atoms with Crippen molar-refractivity contribution in [1.82, 2.24) is 0 Å². The van der Waals surface area contributed by atoms with Gasteiger partial charge in [0.2, 0.25) is 0 Å². The third-order valence-corrected chi connectivity index (χ3v) is 11.9. The first-order chi connectivity index (χ1) is 33.3. The van der Waals surface area contributed by atoms with Crippen molar-refractivity contribution in [3.63, 3.8) is 0 Å². The van der Waals surface area contributed by atoms with E-state index in [9.17, 15) is 0 Å². The van der Waals surface area contributed by atoms with E-state index in [4.69, 9.17) is 0 Å². The summed E-state index contributed by atoms with van der Waals surface area (Å²) in [6, 6.07) is 61.0. The Morgan fingerprint density at radius 2 is 0.338 bits per heavy atom. The predicted octanol–water partition coefficient (Wildman–Crippen LogP) is 12.6. The van der Waals surface area contributed by atoms with Crippen LogP contribution >= 0.6 is 0 Å². The summed E-state index contributed by atoms with van der Waals surface area (Å²) in [4.78, 5) is 4.65. The van der Waals surface area contributed by atoms with E-state index < -0.39 is 0 Å². The van der Waals surface area contributed by atoms with Crippen LogP contribution in [0.3, 0.4) is 0 Å². The molecule has 6 heteroatoms. The Kier molecular flexibility index (Phi) is 13.8. The summed E-state index contributed by atoms with van der Waals surface area (Å²) in [5.74, 6) is 0. The zero-order chi connectivity index (χ0) is 46.7. The first-order valence-corrected chi connectivity index (χ1v) is 22.9. The minimum absolute atomic E-state index is 1.06. The average Bonchev–Trinajstić information content (AvgIpc) is 3.38. The summed E-state index contributed by atoms with van der Waals surface area (Å²) < 4.78 is 8.18. The normalized spacial score (nSPS) is 11.6. The van der Waals surface area contributed by atoms with Crippen molar-refractivity contribution < 1.29 is 18.3 Å². The number of nitrogens with zero attached hydrogens (tertiary/aromatic N) is 6. The Bertz CT molecular complexity index is 2750. The van der Waals surface area contributed by atoms with E-state index >= 15 is 0 Å². The number of aromatic nitrogens is 4. The van der Waals surface area contributed by atoms with Crippen LogP contribution in [0.4, 0.5) is 34.1 Å². The van der Waals surface area contributed by atoms with Crippen molar-refractivity contribution in [1.29, 1.82) is 0 Å². The number of pyridine rings is 4. The van der Waals surface area contributed by atoms with Gasteiger partial charge in [0.05, 0.1) is 0 Å². The second kappa shape index (κ2) is 21.0. The molecule has 0 radical (unpaired) electrons. The molecule has 5 aromatic carbocycles. The fourth-order valence-electron chi connectivity index (χ4n) is 7.85. The van der Waals surface area contributed by atoms with Crippen LogP contribution in [0, 0.1) is 0 Å². The number of benzene rings is 5. The van der Waals surface area contributed by atoms with Gasteiger partial charge in [0, 0.05) is 82.7 Å². The highest BCUT2D eigenvalue weighted by atomic mass is 15.2. The van der Waals surface area contributed by atoms with Crippen molar-refractivity contribution in [2.75, 3.05) is 9.80 Å². The molecule has 9 rings (SSSR count). The van der Waals surface area contributed by atoms with Gasteiger partial charge < -0.3 is 9.80 Å². The molecular formula is C62H56N6+4. The molecule has 4 aromatic heterocycles. The average molecular weight is 885 g/mol. The van der Waals surface area contributed by atoms with Crippen molar-refractivity contribution in [2.45, 2.75) is 0 Å². The van der Waals surface area contributed by atoms with E-state index in [1.807, 2.05) is 46.5 Å². The Balaban J connectivity index is 1.04. The molecule has 0 saturated heterocycles. The van der Waals surface area contributed by atoms with Gasteiger partial charge in [0.1, 0.15) is 28.2 Å². The van der Waals surface area contributed by atoms with Crippen molar-refractivity contribution in [3.05, 3.63) is 264 Å². The maximum Gasteiger partial charge on any atom is 0.169 e. The van der Waals surface area contributed by atoms with E-state index in [1.165, 1.54) is 0 Å². The molecule has 0 atom stereocenters. The molecule has 0 amide bonds. The van der Waals surface area contributed by atoms with E-state index in [1.54, 1.807) is 0 Å². The first kappa shape index (κ1) is 44.5. The quantitative estimate of drug-likeness (QED) is 0.102. The predicted molar refractivity (Wildman–Crippen MR) is 282 cm³/mol. The Labute approximate surface area is 401 Å². The number of hydrogen-bond acceptors (Lipinski definition) is 2. The van der Waals surface area contributed by atoms with Crippen LogP contribution in [-0.4, -0.2) is 0 Å². The Hall–Kier alpha value is -8.74. The summed E-state index contributed by atoms with van der Waals surface area (Å²) in [5, 5.41) is 0. The monoisotopic (exact) mass is 884 g/mol. The lowest BCUT2D eigenvalue weighted by molar-refractivity contribution is -0.671. The topological polar surface area (TPSA) is 22.0 Å². The molecule has 0 fully saturated rings. The minimum atomic E-state index is 1.06. The van der Waals surface area contributed by atoms with Crippen molar-refractivity contribution in [3.8, 4) is 0 Å². The molecule has 330 valence electrons. The number of hydrogen-bond donors (Lipinski definition) is 0. The molecule has 9 aromatic rings. The molecular weight excluding hydrogens is 829 g/mol. The van der Waals surface area contributed by atoms with Gasteiger partial charge in [-0.1, -0.05) is 97.1 Å². The third kappa shape index (κ3) is 11.6. The Morgan fingerprint density at radius 3 is 0.500 bits per heavy atom. The van der Waals surface area contributed by atoms with E-state index in [0.29, 0.717) is 0 Å². The summed E-state index contributed by atoms with van der Waals surface area (Å²) in [5.41, 5.74) is 15.6. The van der Waals surface area contributed by atoms with Crippen LogP contribution in [0.5, 0.6) is 0 Å². The van der Waals surface area contributed by atoms with Crippen molar-refractivity contribution in [2.24, 2.45) is 28.2 Å². The standard InChI is InChI=1S/C62H56N6/c1-63-41-33-53(34-42-63)9-5-49-13-21-57(22-14-49)67(58-23-15-50(16-24-58)6-10-54-35-43-64(2)44-36-54)61-29-31-62(32-30-61)68(59-25-17-51(18-26-59)7-11-55-37-45-65(3)46-38-55)60-27-19-52(20-28-60)8-12-56-39-47-66(4)48-40-56/h5-48H,1-4H3/q+4. The second-order valence-electron chi connectivity index (χ2n) is 17.1. The smallest absolute Gasteiger partial charge is 0.169 e. The molecule has 0 unspecified atom stereocenters. The highest BCUT2D eigenvalue weighted by molar-refractivity contribution is 5.83. The third-order valence-electron chi connectivity index (χ3n) is 11.9. The van der Waals surface area contributed by atoms with Crippen molar-refractivity contribution >= 4 is 82.7 Å². The van der Waals surface area contributed by atoms with Gasteiger partial charge in [-0.3, -0.25) is 0 Å². The van der Waals surface area contributed by atoms with Gasteiger partial charge in [-0.2, -0.15) is 0 Å². The molecule has 0 spiro atoms. The maximum atomic E-state index is 2.32. The SMILES string of the molecule is C[n+]1ccc(/C=C/c2ccc(N(c3ccc(/C=C/c4cc[n+](C)cc4)cc3)c3ccc(N(c4ccc(/C=C/c5cc[n+](C)cc5)cc4)c4ccc(/C=C/c5cc[n+](C)cc5)cc4)cc3)cc2)cc1. The summed E-state index contributed by atoms with van der Waals surface area (Å²) in [6.45, 7) is 0. The number of rotatable bonds is 14. The van der Waals surface area contributed by atoms with Crippen LogP contribution in [0.15, 0.2) is 219 Å². The molecule has 0 N–H and O–H groups in total. The first-order valence-electron chi connectivity index (χ1n) is 22.9. The van der Waals surface area contributed by atoms with Gasteiger partial charge in [-0.25, -0.2) is 18.3 Å².